The second-order valence-electron chi connectivity index (χ2n) is 5.07. The summed E-state index contributed by atoms with van der Waals surface area (Å²) in [4.78, 5) is 7.62. The van der Waals surface area contributed by atoms with E-state index in [1.54, 1.807) is 0 Å². The maximum absolute atomic E-state index is 12.9. The zero-order valence-corrected chi connectivity index (χ0v) is 15.3. The molecule has 1 aromatic carbocycles. The van der Waals surface area contributed by atoms with E-state index in [2.05, 4.69) is 20.2 Å². The van der Waals surface area contributed by atoms with Crippen LogP contribution in [0.2, 0.25) is 10.3 Å². The molecule has 0 aliphatic rings. The Hall–Kier alpha value is -2.05. The van der Waals surface area contributed by atoms with Crippen LogP contribution in [0.25, 0.3) is 11.5 Å². The second-order valence-corrected chi connectivity index (χ2v) is 6.76. The van der Waals surface area contributed by atoms with Gasteiger partial charge in [-0.1, -0.05) is 23.2 Å². The topological polar surface area (TPSA) is 64.7 Å². The zero-order chi connectivity index (χ0) is 20.7. The Bertz CT molecular complexity index is 971. The van der Waals surface area contributed by atoms with Gasteiger partial charge in [0.15, 0.2) is 5.16 Å². The molecule has 0 unspecified atom stereocenters. The molecule has 28 heavy (non-hydrogen) atoms. The summed E-state index contributed by atoms with van der Waals surface area (Å²) < 4.78 is 82.8. The van der Waals surface area contributed by atoms with Gasteiger partial charge in [-0.05, 0) is 18.2 Å². The molecule has 14 heteroatoms. The van der Waals surface area contributed by atoms with Gasteiger partial charge >= 0.3 is 12.4 Å². The molecule has 0 amide bonds. The van der Waals surface area contributed by atoms with E-state index in [-0.39, 0.29) is 26.8 Å². The number of nitrogens with zero attached hydrogens (tertiary/aromatic N) is 4. The van der Waals surface area contributed by atoms with Crippen LogP contribution in [0.3, 0.4) is 0 Å². The van der Waals surface area contributed by atoms with E-state index in [1.165, 1.54) is 6.07 Å². The molecule has 0 aliphatic carbocycles. The van der Waals surface area contributed by atoms with Gasteiger partial charge in [0.2, 0.25) is 5.89 Å². The molecule has 5 nitrogen and oxygen atoms in total. The van der Waals surface area contributed by atoms with Crippen LogP contribution in [-0.2, 0) is 12.4 Å². The van der Waals surface area contributed by atoms with Gasteiger partial charge in [-0.3, -0.25) is 0 Å². The van der Waals surface area contributed by atoms with Crippen molar-refractivity contribution in [3.8, 4) is 11.5 Å². The number of hydrogen-bond acceptors (Lipinski definition) is 6. The van der Waals surface area contributed by atoms with Crippen LogP contribution in [0.5, 0.6) is 0 Å². The summed E-state index contributed by atoms with van der Waals surface area (Å²) in [6, 6.07) is 2.21. The number of alkyl halides is 6. The van der Waals surface area contributed by atoms with Gasteiger partial charge in [0, 0.05) is 23.4 Å². The monoisotopic (exact) mass is 460 g/mol. The van der Waals surface area contributed by atoms with Crippen LogP contribution in [0.1, 0.15) is 11.1 Å². The van der Waals surface area contributed by atoms with Gasteiger partial charge in [-0.15, -0.1) is 10.2 Å². The predicted molar refractivity (Wildman–Crippen MR) is 85.9 cm³/mol. The summed E-state index contributed by atoms with van der Waals surface area (Å²) in [5.74, 6) is -0.549. The molecule has 2 aromatic heterocycles. The Labute approximate surface area is 166 Å². The van der Waals surface area contributed by atoms with Crippen molar-refractivity contribution in [2.75, 3.05) is 0 Å². The molecule has 3 rings (SSSR count). The first-order valence-corrected chi connectivity index (χ1v) is 8.50. The maximum atomic E-state index is 12.9. The first-order valence-electron chi connectivity index (χ1n) is 6.93. The Kier molecular flexibility index (Phi) is 5.47. The maximum Gasteiger partial charge on any atom is 0.416 e. The lowest BCUT2D eigenvalue weighted by Gasteiger charge is -2.12. The highest BCUT2D eigenvalue weighted by molar-refractivity contribution is 7.98. The third-order valence-corrected chi connectivity index (χ3v) is 4.15. The first-order chi connectivity index (χ1) is 12.9. The lowest BCUT2D eigenvalue weighted by molar-refractivity contribution is -0.143. The van der Waals surface area contributed by atoms with E-state index >= 15 is 0 Å². The van der Waals surface area contributed by atoms with E-state index in [0.717, 1.165) is 0 Å². The first kappa shape index (κ1) is 20.7. The van der Waals surface area contributed by atoms with Crippen molar-refractivity contribution >= 4 is 35.0 Å². The van der Waals surface area contributed by atoms with E-state index in [9.17, 15) is 26.3 Å². The lowest BCUT2D eigenvalue weighted by Crippen LogP contribution is -2.11. The van der Waals surface area contributed by atoms with Crippen molar-refractivity contribution in [1.82, 2.24) is 20.2 Å². The molecular formula is C14H4Cl2F6N4OS. The van der Waals surface area contributed by atoms with Crippen LogP contribution in [0.4, 0.5) is 26.3 Å². The van der Waals surface area contributed by atoms with Gasteiger partial charge in [0.25, 0.3) is 5.22 Å². The van der Waals surface area contributed by atoms with Crippen molar-refractivity contribution in [2.45, 2.75) is 22.7 Å². The summed E-state index contributed by atoms with van der Waals surface area (Å²) in [5.41, 5.74) is -3.56. The molecule has 0 saturated heterocycles. The highest BCUT2D eigenvalue weighted by Crippen LogP contribution is 2.39. The second kappa shape index (κ2) is 7.41. The minimum atomic E-state index is -5.00. The number of rotatable bonds is 3. The van der Waals surface area contributed by atoms with E-state index in [1.807, 2.05) is 0 Å². The molecule has 3 aromatic rings. The molecule has 0 saturated carbocycles. The van der Waals surface area contributed by atoms with Crippen LogP contribution in [0, 0.1) is 0 Å². The number of halogens is 8. The van der Waals surface area contributed by atoms with Crippen LogP contribution in [0.15, 0.2) is 39.1 Å². The Morgan fingerprint density at radius 1 is 0.786 bits per heavy atom. The molecule has 0 bridgehead atoms. The average molecular weight is 461 g/mol. The molecule has 0 atom stereocenters. The third-order valence-electron chi connectivity index (χ3n) is 3.06. The Morgan fingerprint density at radius 2 is 1.32 bits per heavy atom. The summed E-state index contributed by atoms with van der Waals surface area (Å²) in [6.45, 7) is 0. The van der Waals surface area contributed by atoms with E-state index in [0.29, 0.717) is 23.9 Å². The van der Waals surface area contributed by atoms with Gasteiger partial charge in [-0.25, -0.2) is 9.97 Å². The van der Waals surface area contributed by atoms with Crippen LogP contribution in [-0.4, -0.2) is 20.2 Å². The molecule has 0 aliphatic heterocycles. The number of benzene rings is 1. The van der Waals surface area contributed by atoms with Gasteiger partial charge < -0.3 is 4.42 Å². The minimum absolute atomic E-state index is 0.00264. The van der Waals surface area contributed by atoms with Gasteiger partial charge in [-0.2, -0.15) is 26.3 Å². The lowest BCUT2D eigenvalue weighted by atomic mass is 10.0. The fourth-order valence-corrected chi connectivity index (χ4v) is 3.11. The SMILES string of the molecule is FC(F)(F)c1cc(-c2nnc(Sc3nc(Cl)cc(Cl)n3)o2)cc(C(F)(F)F)c1. The summed E-state index contributed by atoms with van der Waals surface area (Å²) in [7, 11) is 0. The molecule has 0 N–H and O–H groups in total. The third kappa shape index (κ3) is 4.86. The fourth-order valence-electron chi connectivity index (χ4n) is 1.94. The van der Waals surface area contributed by atoms with E-state index in [4.69, 9.17) is 27.6 Å². The predicted octanol–water partition coefficient (Wildman–Crippen LogP) is 6.02. The van der Waals surface area contributed by atoms with E-state index < -0.39 is 34.9 Å². The summed E-state index contributed by atoms with van der Waals surface area (Å²) >= 11 is 12.1. The quantitative estimate of drug-likeness (QED) is 0.270. The molecule has 148 valence electrons. The largest absolute Gasteiger partial charge is 0.416 e. The van der Waals surface area contributed by atoms with Crippen LogP contribution >= 0.6 is 35.0 Å². The highest BCUT2D eigenvalue weighted by atomic mass is 35.5. The normalized spacial score (nSPS) is 12.4. The van der Waals surface area contributed by atoms with Gasteiger partial charge in [0.1, 0.15) is 10.3 Å². The minimum Gasteiger partial charge on any atom is -0.411 e. The smallest absolute Gasteiger partial charge is 0.411 e. The van der Waals surface area contributed by atoms with Crippen molar-refractivity contribution in [2.24, 2.45) is 0 Å². The fraction of sp³-hybridized carbons (Fsp3) is 0.143. The summed E-state index contributed by atoms with van der Waals surface area (Å²) in [6.07, 6.45) is -10.0. The number of aromatic nitrogens is 4. The Balaban J connectivity index is 1.98. The Morgan fingerprint density at radius 3 is 1.82 bits per heavy atom. The number of hydrogen-bond donors (Lipinski definition) is 0. The van der Waals surface area contributed by atoms with Gasteiger partial charge in [0.05, 0.1) is 11.1 Å². The molecule has 0 fully saturated rings. The summed E-state index contributed by atoms with van der Waals surface area (Å²) in [5, 5.41) is 6.80. The highest BCUT2D eigenvalue weighted by Gasteiger charge is 2.37. The standard InChI is InChI=1S/C14H4Cl2F6N4OS/c15-8-4-9(16)24-11(23-8)28-12-26-25-10(27-12)5-1-6(13(17,18)19)3-7(2-5)14(20,21)22/h1-4H. The van der Waals surface area contributed by atoms with Crippen molar-refractivity contribution in [1.29, 1.82) is 0 Å². The zero-order valence-electron chi connectivity index (χ0n) is 12.9. The average Bonchev–Trinajstić information content (AvgIpc) is 3.00. The molecule has 2 heterocycles. The molecule has 0 spiro atoms. The van der Waals surface area contributed by atoms with Crippen molar-refractivity contribution in [3.63, 3.8) is 0 Å². The molecule has 0 radical (unpaired) electrons. The molecular weight excluding hydrogens is 457 g/mol. The van der Waals surface area contributed by atoms with Crippen LogP contribution < -0.4 is 0 Å². The van der Waals surface area contributed by atoms with Crippen molar-refractivity contribution in [3.05, 3.63) is 45.7 Å². The van der Waals surface area contributed by atoms with Crippen molar-refractivity contribution < 1.29 is 30.8 Å².